The highest BCUT2D eigenvalue weighted by atomic mass is 32.1. The van der Waals surface area contributed by atoms with Crippen LogP contribution >= 0.6 is 11.3 Å². The van der Waals surface area contributed by atoms with Crippen LogP contribution in [0.25, 0.3) is 0 Å². The van der Waals surface area contributed by atoms with Crippen LogP contribution in [-0.2, 0) is 13.0 Å². The molecule has 0 aliphatic carbocycles. The molecular weight excluding hydrogens is 222 g/mol. The van der Waals surface area contributed by atoms with Gasteiger partial charge >= 0.3 is 0 Å². The SMILES string of the molecule is OCc1ccnc(NCCc2cccs2)n1. The number of aromatic nitrogens is 2. The van der Waals surface area contributed by atoms with Crippen molar-refractivity contribution in [2.24, 2.45) is 0 Å². The van der Waals surface area contributed by atoms with Crippen molar-refractivity contribution in [1.29, 1.82) is 0 Å². The quantitative estimate of drug-likeness (QED) is 0.828. The van der Waals surface area contributed by atoms with Crippen molar-refractivity contribution < 1.29 is 5.11 Å². The Morgan fingerprint density at radius 1 is 1.38 bits per heavy atom. The molecule has 0 saturated carbocycles. The number of thiophene rings is 1. The van der Waals surface area contributed by atoms with Crippen LogP contribution in [0, 0.1) is 0 Å². The summed E-state index contributed by atoms with van der Waals surface area (Å²) in [5.74, 6) is 0.572. The minimum Gasteiger partial charge on any atom is -0.390 e. The van der Waals surface area contributed by atoms with Gasteiger partial charge in [-0.2, -0.15) is 0 Å². The lowest BCUT2D eigenvalue weighted by Crippen LogP contribution is -2.08. The normalized spacial score (nSPS) is 10.3. The molecule has 0 aliphatic heterocycles. The van der Waals surface area contributed by atoms with Crippen molar-refractivity contribution in [3.05, 3.63) is 40.3 Å². The molecule has 2 aromatic heterocycles. The van der Waals surface area contributed by atoms with E-state index in [1.165, 1.54) is 4.88 Å². The van der Waals surface area contributed by atoms with Gasteiger partial charge in [0, 0.05) is 17.6 Å². The maximum atomic E-state index is 8.92. The Balaban J connectivity index is 1.85. The maximum Gasteiger partial charge on any atom is 0.222 e. The van der Waals surface area contributed by atoms with E-state index in [0.717, 1.165) is 13.0 Å². The van der Waals surface area contributed by atoms with Crippen molar-refractivity contribution in [2.75, 3.05) is 11.9 Å². The van der Waals surface area contributed by atoms with Crippen molar-refractivity contribution in [3.63, 3.8) is 0 Å². The van der Waals surface area contributed by atoms with Crippen LogP contribution in [-0.4, -0.2) is 21.6 Å². The number of nitrogens with one attached hydrogen (secondary N) is 1. The predicted molar refractivity (Wildman–Crippen MR) is 64.5 cm³/mol. The highest BCUT2D eigenvalue weighted by Crippen LogP contribution is 2.09. The molecule has 0 bridgehead atoms. The lowest BCUT2D eigenvalue weighted by atomic mass is 10.3. The molecule has 84 valence electrons. The number of aliphatic hydroxyl groups excluding tert-OH is 1. The van der Waals surface area contributed by atoms with E-state index in [9.17, 15) is 0 Å². The predicted octanol–water partition coefficient (Wildman–Crippen LogP) is 1.68. The summed E-state index contributed by atoms with van der Waals surface area (Å²) >= 11 is 1.74. The lowest BCUT2D eigenvalue weighted by Gasteiger charge is -2.04. The number of aliphatic hydroxyl groups is 1. The second-order valence-electron chi connectivity index (χ2n) is 3.29. The first-order chi connectivity index (χ1) is 7.88. The van der Waals surface area contributed by atoms with Gasteiger partial charge in [0.1, 0.15) is 0 Å². The summed E-state index contributed by atoms with van der Waals surface area (Å²) in [4.78, 5) is 9.56. The van der Waals surface area contributed by atoms with Gasteiger partial charge in [-0.15, -0.1) is 11.3 Å². The van der Waals surface area contributed by atoms with E-state index in [0.29, 0.717) is 11.6 Å². The summed E-state index contributed by atoms with van der Waals surface area (Å²) in [6, 6.07) is 5.85. The van der Waals surface area contributed by atoms with Gasteiger partial charge in [-0.3, -0.25) is 0 Å². The van der Waals surface area contributed by atoms with Gasteiger partial charge in [0.05, 0.1) is 12.3 Å². The Morgan fingerprint density at radius 2 is 2.31 bits per heavy atom. The molecule has 0 saturated heterocycles. The standard InChI is InChI=1S/C11H13N3OS/c15-8-9-3-5-12-11(14-9)13-6-4-10-2-1-7-16-10/h1-3,5,7,15H,4,6,8H2,(H,12,13,14). The number of nitrogens with zero attached hydrogens (tertiary/aromatic N) is 2. The first-order valence-corrected chi connectivity index (χ1v) is 5.95. The molecule has 0 radical (unpaired) electrons. The van der Waals surface area contributed by atoms with Crippen molar-refractivity contribution in [3.8, 4) is 0 Å². The average molecular weight is 235 g/mol. The fraction of sp³-hybridized carbons (Fsp3) is 0.273. The minimum absolute atomic E-state index is 0.0534. The van der Waals surface area contributed by atoms with Crippen LogP contribution in [0.3, 0.4) is 0 Å². The zero-order valence-electron chi connectivity index (χ0n) is 8.76. The van der Waals surface area contributed by atoms with Crippen LogP contribution in [0.2, 0.25) is 0 Å². The molecule has 0 atom stereocenters. The molecule has 0 aromatic carbocycles. The Labute approximate surface area is 98.0 Å². The number of hydrogen-bond acceptors (Lipinski definition) is 5. The molecule has 2 aromatic rings. The smallest absolute Gasteiger partial charge is 0.222 e. The van der Waals surface area contributed by atoms with Gasteiger partial charge in [-0.05, 0) is 23.9 Å². The molecule has 0 unspecified atom stereocenters. The molecule has 2 N–H and O–H groups in total. The lowest BCUT2D eigenvalue weighted by molar-refractivity contribution is 0.277. The van der Waals surface area contributed by atoms with Crippen LogP contribution in [0.4, 0.5) is 5.95 Å². The molecular formula is C11H13N3OS. The third-order valence-electron chi connectivity index (χ3n) is 2.11. The summed E-state index contributed by atoms with van der Waals surface area (Å²) in [7, 11) is 0. The largest absolute Gasteiger partial charge is 0.390 e. The molecule has 0 spiro atoms. The fourth-order valence-corrected chi connectivity index (χ4v) is 2.03. The molecule has 0 fully saturated rings. The topological polar surface area (TPSA) is 58.0 Å². The molecule has 0 amide bonds. The number of hydrogen-bond donors (Lipinski definition) is 2. The van der Waals surface area contributed by atoms with Gasteiger partial charge in [-0.1, -0.05) is 6.07 Å². The van der Waals surface area contributed by atoms with E-state index in [1.807, 2.05) is 6.07 Å². The van der Waals surface area contributed by atoms with E-state index in [2.05, 4.69) is 26.7 Å². The third-order valence-corrected chi connectivity index (χ3v) is 3.05. The molecule has 2 rings (SSSR count). The number of anilines is 1. The van der Waals surface area contributed by atoms with Crippen LogP contribution in [0.5, 0.6) is 0 Å². The van der Waals surface area contributed by atoms with E-state index >= 15 is 0 Å². The molecule has 5 heteroatoms. The molecule has 2 heterocycles. The van der Waals surface area contributed by atoms with E-state index in [-0.39, 0.29) is 6.61 Å². The summed E-state index contributed by atoms with van der Waals surface area (Å²) in [6.45, 7) is 0.748. The van der Waals surface area contributed by atoms with Crippen LogP contribution < -0.4 is 5.32 Å². The van der Waals surface area contributed by atoms with E-state index < -0.39 is 0 Å². The fourth-order valence-electron chi connectivity index (χ4n) is 1.32. The Hall–Kier alpha value is -1.46. The molecule has 4 nitrogen and oxygen atoms in total. The summed E-state index contributed by atoms with van der Waals surface area (Å²) in [5, 5.41) is 14.1. The first-order valence-electron chi connectivity index (χ1n) is 5.07. The van der Waals surface area contributed by atoms with Crippen molar-refractivity contribution >= 4 is 17.3 Å². The number of rotatable bonds is 5. The van der Waals surface area contributed by atoms with Gasteiger partial charge in [0.15, 0.2) is 0 Å². The maximum absolute atomic E-state index is 8.92. The third kappa shape index (κ3) is 3.01. The van der Waals surface area contributed by atoms with Gasteiger partial charge in [-0.25, -0.2) is 9.97 Å². The second-order valence-corrected chi connectivity index (χ2v) is 4.32. The Bertz CT molecular complexity index is 431. The van der Waals surface area contributed by atoms with E-state index in [4.69, 9.17) is 5.11 Å². The molecule has 16 heavy (non-hydrogen) atoms. The Kier molecular flexibility index (Phi) is 3.85. The van der Waals surface area contributed by atoms with Gasteiger partial charge in [0.2, 0.25) is 5.95 Å². The van der Waals surface area contributed by atoms with Crippen LogP contribution in [0.15, 0.2) is 29.8 Å². The molecule has 0 aliphatic rings. The zero-order valence-corrected chi connectivity index (χ0v) is 9.57. The van der Waals surface area contributed by atoms with Crippen LogP contribution in [0.1, 0.15) is 10.6 Å². The van der Waals surface area contributed by atoms with E-state index in [1.54, 1.807) is 23.6 Å². The summed E-state index contributed by atoms with van der Waals surface area (Å²) in [5.41, 5.74) is 0.633. The van der Waals surface area contributed by atoms with Crippen molar-refractivity contribution in [2.45, 2.75) is 13.0 Å². The Morgan fingerprint density at radius 3 is 3.06 bits per heavy atom. The van der Waals surface area contributed by atoms with Gasteiger partial charge < -0.3 is 10.4 Å². The summed E-state index contributed by atoms with van der Waals surface area (Å²) in [6.07, 6.45) is 2.61. The zero-order chi connectivity index (χ0) is 11.2. The highest BCUT2D eigenvalue weighted by Gasteiger charge is 1.98. The highest BCUT2D eigenvalue weighted by molar-refractivity contribution is 7.09. The minimum atomic E-state index is -0.0534. The average Bonchev–Trinajstić information content (AvgIpc) is 2.82. The second kappa shape index (κ2) is 5.58. The van der Waals surface area contributed by atoms with Crippen molar-refractivity contribution in [1.82, 2.24) is 9.97 Å². The first kappa shape index (κ1) is 11.0. The summed E-state index contributed by atoms with van der Waals surface area (Å²) < 4.78 is 0. The van der Waals surface area contributed by atoms with Gasteiger partial charge in [0.25, 0.3) is 0 Å². The monoisotopic (exact) mass is 235 g/mol.